The number of thiazole rings is 1. The van der Waals surface area contributed by atoms with Crippen molar-refractivity contribution in [2.45, 2.75) is 39.3 Å². The van der Waals surface area contributed by atoms with Crippen molar-refractivity contribution in [3.63, 3.8) is 0 Å². The normalized spacial score (nSPS) is 20.2. The van der Waals surface area contributed by atoms with E-state index >= 15 is 0 Å². The first-order chi connectivity index (χ1) is 10.5. The van der Waals surface area contributed by atoms with E-state index in [2.05, 4.69) is 24.1 Å². The van der Waals surface area contributed by atoms with Gasteiger partial charge in [-0.05, 0) is 32.9 Å². The van der Waals surface area contributed by atoms with Gasteiger partial charge in [-0.2, -0.15) is 0 Å². The summed E-state index contributed by atoms with van der Waals surface area (Å²) >= 11 is 1.52. The highest BCUT2D eigenvalue weighted by molar-refractivity contribution is 7.13. The number of hydrogen-bond donors (Lipinski definition) is 1. The Balaban J connectivity index is 0.00000144. The Morgan fingerprint density at radius 3 is 2.83 bits per heavy atom. The van der Waals surface area contributed by atoms with Crippen molar-refractivity contribution in [3.05, 3.63) is 29.0 Å². The van der Waals surface area contributed by atoms with E-state index in [0.717, 1.165) is 35.3 Å². The molecule has 8 heteroatoms. The minimum atomic E-state index is 0. The minimum Gasteiger partial charge on any atom is -0.459 e. The fourth-order valence-electron chi connectivity index (χ4n) is 2.72. The van der Waals surface area contributed by atoms with Gasteiger partial charge in [-0.3, -0.25) is 4.79 Å². The molecule has 0 bridgehead atoms. The molecule has 24 heavy (non-hydrogen) atoms. The fourth-order valence-corrected chi connectivity index (χ4v) is 3.50. The van der Waals surface area contributed by atoms with E-state index in [1.54, 1.807) is 0 Å². The summed E-state index contributed by atoms with van der Waals surface area (Å²) in [4.78, 5) is 19.0. The van der Waals surface area contributed by atoms with Gasteiger partial charge in [0.1, 0.15) is 5.76 Å². The molecule has 2 atom stereocenters. The number of rotatable bonds is 3. The number of carbonyl (C=O) groups is 1. The highest BCUT2D eigenvalue weighted by Gasteiger charge is 2.28. The van der Waals surface area contributed by atoms with Gasteiger partial charge in [0.15, 0.2) is 10.8 Å². The van der Waals surface area contributed by atoms with Crippen LogP contribution in [0.25, 0.3) is 10.8 Å². The van der Waals surface area contributed by atoms with Crippen molar-refractivity contribution in [2.75, 3.05) is 13.1 Å². The maximum Gasteiger partial charge on any atom is 0.228 e. The zero-order valence-corrected chi connectivity index (χ0v) is 16.4. The lowest BCUT2D eigenvalue weighted by Gasteiger charge is -2.38. The van der Waals surface area contributed by atoms with Gasteiger partial charge < -0.3 is 14.6 Å². The van der Waals surface area contributed by atoms with E-state index in [0.29, 0.717) is 12.5 Å². The second-order valence-corrected chi connectivity index (χ2v) is 6.66. The van der Waals surface area contributed by atoms with Gasteiger partial charge in [0.2, 0.25) is 5.91 Å². The predicted molar refractivity (Wildman–Crippen MR) is 101 cm³/mol. The Bertz CT molecular complexity index is 674. The topological polar surface area (TPSA) is 58.4 Å². The zero-order valence-electron chi connectivity index (χ0n) is 13.9. The highest BCUT2D eigenvalue weighted by atomic mass is 35.5. The summed E-state index contributed by atoms with van der Waals surface area (Å²) in [6, 6.07) is 4.38. The molecule has 3 rings (SSSR count). The number of nitrogens with one attached hydrogen (secondary N) is 1. The quantitative estimate of drug-likeness (QED) is 0.871. The number of hydrogen-bond acceptors (Lipinski definition) is 5. The molecule has 2 aromatic rings. The Hall–Kier alpha value is -1.08. The van der Waals surface area contributed by atoms with E-state index in [-0.39, 0.29) is 36.8 Å². The van der Waals surface area contributed by atoms with Crippen LogP contribution in [0.4, 0.5) is 0 Å². The van der Waals surface area contributed by atoms with E-state index in [4.69, 9.17) is 4.42 Å². The first kappa shape index (κ1) is 21.0. The molecule has 1 saturated heterocycles. The third-order valence-electron chi connectivity index (χ3n) is 4.19. The third-order valence-corrected chi connectivity index (χ3v) is 5.10. The van der Waals surface area contributed by atoms with Crippen molar-refractivity contribution in [3.8, 4) is 10.8 Å². The van der Waals surface area contributed by atoms with E-state index in [9.17, 15) is 4.79 Å². The van der Waals surface area contributed by atoms with Crippen molar-refractivity contribution >= 4 is 42.1 Å². The van der Waals surface area contributed by atoms with Crippen molar-refractivity contribution in [2.24, 2.45) is 0 Å². The SMILES string of the molecule is Cc1ccc(-c2nc(CC(=O)N3CCNC(C)C3C)cs2)o1.Cl.Cl. The van der Waals surface area contributed by atoms with Gasteiger partial charge in [-0.25, -0.2) is 4.98 Å². The van der Waals surface area contributed by atoms with Crippen LogP contribution in [0.15, 0.2) is 21.9 Å². The molecule has 0 radical (unpaired) electrons. The predicted octanol–water partition coefficient (Wildman–Crippen LogP) is 3.31. The van der Waals surface area contributed by atoms with Crippen LogP contribution < -0.4 is 5.32 Å². The number of aryl methyl sites for hydroxylation is 1. The summed E-state index contributed by atoms with van der Waals surface area (Å²) in [5, 5.41) is 6.17. The van der Waals surface area contributed by atoms with Gasteiger partial charge >= 0.3 is 0 Å². The standard InChI is InChI=1S/C16H21N3O2S.2ClH/c1-10-4-5-14(21-10)16-18-13(9-22-16)8-15(20)19-7-6-17-11(2)12(19)3;;/h4-5,9,11-12,17H,6-8H2,1-3H3;2*1H. The van der Waals surface area contributed by atoms with E-state index in [1.165, 1.54) is 11.3 Å². The molecule has 2 aromatic heterocycles. The molecule has 1 fully saturated rings. The Labute approximate surface area is 158 Å². The first-order valence-corrected chi connectivity index (χ1v) is 8.46. The van der Waals surface area contributed by atoms with E-state index < -0.39 is 0 Å². The van der Waals surface area contributed by atoms with Crippen LogP contribution in [-0.4, -0.2) is 41.0 Å². The van der Waals surface area contributed by atoms with Gasteiger partial charge in [-0.15, -0.1) is 36.2 Å². The first-order valence-electron chi connectivity index (χ1n) is 7.58. The second kappa shape index (κ2) is 8.85. The molecule has 134 valence electrons. The summed E-state index contributed by atoms with van der Waals surface area (Å²) in [5.41, 5.74) is 0.817. The highest BCUT2D eigenvalue weighted by Crippen LogP contribution is 2.26. The number of carbonyl (C=O) groups excluding carboxylic acids is 1. The average molecular weight is 392 g/mol. The molecule has 0 aromatic carbocycles. The van der Waals surface area contributed by atoms with Crippen LogP contribution in [0.3, 0.4) is 0 Å². The fraction of sp³-hybridized carbons (Fsp3) is 0.500. The molecule has 5 nitrogen and oxygen atoms in total. The lowest BCUT2D eigenvalue weighted by Crippen LogP contribution is -2.57. The average Bonchev–Trinajstić information content (AvgIpc) is 3.10. The molecule has 0 aliphatic carbocycles. The largest absolute Gasteiger partial charge is 0.459 e. The van der Waals surface area contributed by atoms with Crippen molar-refractivity contribution in [1.82, 2.24) is 15.2 Å². The Morgan fingerprint density at radius 1 is 1.42 bits per heavy atom. The summed E-state index contributed by atoms with van der Waals surface area (Å²) in [7, 11) is 0. The summed E-state index contributed by atoms with van der Waals surface area (Å²) < 4.78 is 5.58. The summed E-state index contributed by atoms with van der Waals surface area (Å²) in [6.07, 6.45) is 0.354. The Kier molecular flexibility index (Phi) is 7.73. The zero-order chi connectivity index (χ0) is 15.7. The minimum absolute atomic E-state index is 0. The maximum absolute atomic E-state index is 12.5. The van der Waals surface area contributed by atoms with Crippen LogP contribution in [0.5, 0.6) is 0 Å². The molecule has 1 aliphatic rings. The van der Waals surface area contributed by atoms with Gasteiger partial charge in [0.25, 0.3) is 0 Å². The van der Waals surface area contributed by atoms with Crippen LogP contribution in [0.1, 0.15) is 25.3 Å². The van der Waals surface area contributed by atoms with Crippen molar-refractivity contribution < 1.29 is 9.21 Å². The summed E-state index contributed by atoms with van der Waals surface area (Å²) in [5.74, 6) is 1.78. The molecular weight excluding hydrogens is 369 g/mol. The smallest absolute Gasteiger partial charge is 0.228 e. The molecule has 3 heterocycles. The lowest BCUT2D eigenvalue weighted by atomic mass is 10.1. The molecular formula is C16H23Cl2N3O2S. The number of aromatic nitrogens is 1. The third kappa shape index (κ3) is 4.51. The van der Waals surface area contributed by atoms with Crippen LogP contribution >= 0.6 is 36.2 Å². The number of piperazine rings is 1. The van der Waals surface area contributed by atoms with Crippen molar-refractivity contribution in [1.29, 1.82) is 0 Å². The molecule has 1 aliphatic heterocycles. The maximum atomic E-state index is 12.5. The van der Waals surface area contributed by atoms with Crippen LogP contribution in [0, 0.1) is 6.92 Å². The Morgan fingerprint density at radius 2 is 2.17 bits per heavy atom. The number of halogens is 2. The molecule has 0 spiro atoms. The number of nitrogens with zero attached hydrogens (tertiary/aromatic N) is 2. The monoisotopic (exact) mass is 391 g/mol. The van der Waals surface area contributed by atoms with Gasteiger partial charge in [-0.1, -0.05) is 0 Å². The molecule has 2 unspecified atom stereocenters. The van der Waals surface area contributed by atoms with Gasteiger partial charge in [0.05, 0.1) is 12.1 Å². The summed E-state index contributed by atoms with van der Waals surface area (Å²) in [6.45, 7) is 7.73. The number of furan rings is 1. The lowest BCUT2D eigenvalue weighted by molar-refractivity contribution is -0.134. The second-order valence-electron chi connectivity index (χ2n) is 5.80. The molecule has 1 N–H and O–H groups in total. The van der Waals surface area contributed by atoms with Crippen LogP contribution in [0.2, 0.25) is 0 Å². The van der Waals surface area contributed by atoms with Crippen LogP contribution in [-0.2, 0) is 11.2 Å². The van der Waals surface area contributed by atoms with E-state index in [1.807, 2.05) is 29.3 Å². The number of amides is 1. The van der Waals surface area contributed by atoms with Gasteiger partial charge in [0, 0.05) is 30.6 Å². The molecule has 0 saturated carbocycles. The molecule has 1 amide bonds.